The van der Waals surface area contributed by atoms with E-state index in [1.54, 1.807) is 39.0 Å². The number of hydrogen-bond donors (Lipinski definition) is 1. The maximum Gasteiger partial charge on any atom is 0.471 e. The average Bonchev–Trinajstić information content (AvgIpc) is 3.78. The fourth-order valence-corrected chi connectivity index (χ4v) is 7.24. The van der Waals surface area contributed by atoms with Crippen molar-refractivity contribution in [2.75, 3.05) is 23.8 Å². The molecule has 2 heterocycles. The lowest BCUT2D eigenvalue weighted by Crippen LogP contribution is -2.33. The van der Waals surface area contributed by atoms with Crippen molar-refractivity contribution in [3.05, 3.63) is 83.3 Å². The van der Waals surface area contributed by atoms with Crippen molar-refractivity contribution in [1.29, 1.82) is 5.26 Å². The molecule has 5 rings (SSSR count). The van der Waals surface area contributed by atoms with Crippen molar-refractivity contribution in [2.45, 2.75) is 43.9 Å². The molecule has 0 radical (unpaired) electrons. The number of sulfonamides is 1. The first-order valence-corrected chi connectivity index (χ1v) is 17.6. The van der Waals surface area contributed by atoms with Gasteiger partial charge in [-0.05, 0) is 69.3 Å². The zero-order chi connectivity index (χ0) is 38.0. The van der Waals surface area contributed by atoms with Gasteiger partial charge in [0.15, 0.2) is 0 Å². The van der Waals surface area contributed by atoms with Gasteiger partial charge < -0.3 is 19.5 Å². The van der Waals surface area contributed by atoms with Crippen LogP contribution in [0.4, 0.5) is 24.1 Å². The number of nitrogens with zero attached hydrogens (tertiary/aromatic N) is 6. The number of aromatic nitrogens is 4. The van der Waals surface area contributed by atoms with Gasteiger partial charge in [0.05, 0.1) is 43.0 Å². The number of benzene rings is 3. The normalized spacial score (nSPS) is 11.8. The molecular weight excluding hydrogens is 747 g/mol. The Morgan fingerprint density at radius 2 is 1.75 bits per heavy atom. The molecular formula is C33H29ClF3N7O6S2. The summed E-state index contributed by atoms with van der Waals surface area (Å²) in [5.41, 5.74) is -0.431. The van der Waals surface area contributed by atoms with Crippen molar-refractivity contribution < 1.29 is 40.6 Å². The highest BCUT2D eigenvalue weighted by molar-refractivity contribution is 7.93. The molecule has 0 atom stereocenters. The summed E-state index contributed by atoms with van der Waals surface area (Å²) in [5.74, 6) is -1.73. The van der Waals surface area contributed by atoms with Gasteiger partial charge in [-0.2, -0.15) is 27.9 Å². The second-order valence-electron chi connectivity index (χ2n) is 11.9. The molecule has 0 bridgehead atoms. The Labute approximate surface area is 305 Å². The molecule has 3 aromatic carbocycles. The van der Waals surface area contributed by atoms with Crippen molar-refractivity contribution in [3.8, 4) is 40.2 Å². The molecule has 0 unspecified atom stereocenters. The predicted octanol–water partition coefficient (Wildman–Crippen LogP) is 7.39. The summed E-state index contributed by atoms with van der Waals surface area (Å²) in [5, 5.41) is 16.5. The molecule has 0 saturated heterocycles. The third-order valence-electron chi connectivity index (χ3n) is 7.38. The Morgan fingerprint density at radius 3 is 2.37 bits per heavy atom. The van der Waals surface area contributed by atoms with Crippen LogP contribution in [0, 0.1) is 11.3 Å². The molecule has 5 aromatic rings. The largest absolute Gasteiger partial charge is 0.497 e. The van der Waals surface area contributed by atoms with Gasteiger partial charge >= 0.3 is 12.1 Å². The first kappa shape index (κ1) is 37.9. The number of nitrogens with one attached hydrogen (secondary N) is 1. The summed E-state index contributed by atoms with van der Waals surface area (Å²) >= 11 is 7.14. The Morgan fingerprint density at radius 1 is 1.02 bits per heavy atom. The average molecular weight is 776 g/mol. The number of amides is 1. The molecule has 52 heavy (non-hydrogen) atoms. The highest BCUT2D eigenvalue weighted by atomic mass is 35.5. The molecule has 0 aliphatic rings. The van der Waals surface area contributed by atoms with Gasteiger partial charge in [0, 0.05) is 39.3 Å². The lowest BCUT2D eigenvalue weighted by molar-refractivity contribution is -0.167. The van der Waals surface area contributed by atoms with Gasteiger partial charge in [0.1, 0.15) is 41.2 Å². The molecule has 0 fully saturated rings. The van der Waals surface area contributed by atoms with E-state index in [0.717, 1.165) is 21.9 Å². The summed E-state index contributed by atoms with van der Waals surface area (Å²) in [4.78, 5) is 15.9. The molecule has 0 saturated carbocycles. The van der Waals surface area contributed by atoms with Gasteiger partial charge in [0.2, 0.25) is 5.13 Å². The number of rotatable bonds is 11. The van der Waals surface area contributed by atoms with Gasteiger partial charge in [-0.1, -0.05) is 11.6 Å². The van der Waals surface area contributed by atoms with Crippen LogP contribution in [0.15, 0.2) is 72.0 Å². The summed E-state index contributed by atoms with van der Waals surface area (Å²) in [6.07, 6.45) is -2.75. The van der Waals surface area contributed by atoms with Crippen LogP contribution in [-0.4, -0.2) is 53.9 Å². The van der Waals surface area contributed by atoms with Crippen molar-refractivity contribution >= 4 is 50.0 Å². The molecule has 0 spiro atoms. The fourth-order valence-electron chi connectivity index (χ4n) is 4.92. The third kappa shape index (κ3) is 7.91. The van der Waals surface area contributed by atoms with Crippen molar-refractivity contribution in [1.82, 2.24) is 19.1 Å². The lowest BCUT2D eigenvalue weighted by atomic mass is 10.1. The van der Waals surface area contributed by atoms with E-state index in [9.17, 15) is 31.6 Å². The van der Waals surface area contributed by atoms with Gasteiger partial charge in [0.25, 0.3) is 10.0 Å². The van der Waals surface area contributed by atoms with E-state index < -0.39 is 27.6 Å². The monoisotopic (exact) mass is 775 g/mol. The number of hydrogen-bond acceptors (Lipinski definition) is 11. The number of methoxy groups -OCH3 is 2. The minimum Gasteiger partial charge on any atom is -0.497 e. The SMILES string of the molecule is COc1ccc(CN(c2ncns2)S(=O)(=O)c2ccc(Oc3ccc(Cl)cc3-c3cnn(C(C)(C)C)c3NC(=O)C(F)(F)F)c(C#N)c2)c(OC)c1. The number of nitriles is 1. The molecule has 2 aromatic heterocycles. The highest BCUT2D eigenvalue weighted by Crippen LogP contribution is 2.42. The van der Waals surface area contributed by atoms with Crippen LogP contribution in [-0.2, 0) is 26.9 Å². The van der Waals surface area contributed by atoms with Crippen molar-refractivity contribution in [3.63, 3.8) is 0 Å². The second kappa shape index (κ2) is 14.7. The van der Waals surface area contributed by atoms with E-state index in [2.05, 4.69) is 14.5 Å². The Bertz CT molecular complexity index is 2270. The molecule has 0 aliphatic carbocycles. The number of halogens is 4. The van der Waals surface area contributed by atoms with E-state index in [-0.39, 0.29) is 55.6 Å². The number of ether oxygens (including phenoxy) is 3. The van der Waals surface area contributed by atoms with E-state index in [4.69, 9.17) is 25.8 Å². The molecule has 13 nitrogen and oxygen atoms in total. The third-order valence-corrected chi connectivity index (χ3v) is 10.1. The Hall–Kier alpha value is -5.38. The van der Waals surface area contributed by atoms with Crippen LogP contribution in [0.1, 0.15) is 31.9 Å². The molecule has 19 heteroatoms. The second-order valence-corrected chi connectivity index (χ2v) is 14.9. The van der Waals surface area contributed by atoms with Gasteiger partial charge in [-0.15, -0.1) is 0 Å². The van der Waals surface area contributed by atoms with E-state index in [0.29, 0.717) is 17.1 Å². The van der Waals surface area contributed by atoms with Crippen LogP contribution in [0.2, 0.25) is 5.02 Å². The summed E-state index contributed by atoms with van der Waals surface area (Å²) in [6.45, 7) is 4.82. The maximum atomic E-state index is 14.2. The van der Waals surface area contributed by atoms with Crippen LogP contribution in [0.25, 0.3) is 11.1 Å². The number of anilines is 2. The minimum atomic E-state index is -5.20. The first-order valence-electron chi connectivity index (χ1n) is 15.0. The molecule has 1 amide bonds. The summed E-state index contributed by atoms with van der Waals surface area (Å²) in [6, 6.07) is 14.7. The predicted molar refractivity (Wildman–Crippen MR) is 186 cm³/mol. The van der Waals surface area contributed by atoms with E-state index >= 15 is 0 Å². The lowest BCUT2D eigenvalue weighted by Gasteiger charge is -2.24. The van der Waals surface area contributed by atoms with Crippen LogP contribution in [0.3, 0.4) is 0 Å². The number of carbonyl (C=O) groups is 1. The summed E-state index contributed by atoms with van der Waals surface area (Å²) in [7, 11) is -1.48. The molecule has 272 valence electrons. The smallest absolute Gasteiger partial charge is 0.471 e. The fraction of sp³-hybridized carbons (Fsp3) is 0.242. The quantitative estimate of drug-likeness (QED) is 0.143. The zero-order valence-corrected chi connectivity index (χ0v) is 30.4. The summed E-state index contributed by atoms with van der Waals surface area (Å²) < 4.78 is 91.4. The van der Waals surface area contributed by atoms with Gasteiger partial charge in [-0.25, -0.2) is 22.4 Å². The zero-order valence-electron chi connectivity index (χ0n) is 28.0. The van der Waals surface area contributed by atoms with Crippen LogP contribution >= 0.6 is 23.1 Å². The van der Waals surface area contributed by atoms with Crippen LogP contribution < -0.4 is 23.8 Å². The number of carbonyl (C=O) groups excluding carboxylic acids is 1. The highest BCUT2D eigenvalue weighted by Gasteiger charge is 2.40. The van der Waals surface area contributed by atoms with E-state index in [1.165, 1.54) is 61.8 Å². The first-order chi connectivity index (χ1) is 24.5. The van der Waals surface area contributed by atoms with E-state index in [1.807, 2.05) is 11.4 Å². The van der Waals surface area contributed by atoms with Gasteiger partial charge in [-0.3, -0.25) is 4.79 Å². The van der Waals surface area contributed by atoms with Crippen LogP contribution in [0.5, 0.6) is 23.0 Å². The Balaban J connectivity index is 1.55. The minimum absolute atomic E-state index is 0.00885. The van der Waals surface area contributed by atoms with Crippen molar-refractivity contribution in [2.24, 2.45) is 0 Å². The molecule has 1 N–H and O–H groups in total. The molecule has 0 aliphatic heterocycles. The number of alkyl halides is 3. The maximum absolute atomic E-state index is 14.2. The topological polar surface area (TPSA) is 162 Å². The Kier molecular flexibility index (Phi) is 10.7. The standard InChI is InChI=1S/C33H29ClF3N7O6S2/c1-32(2,3)44-29(42-30(45)33(35,36)37)25(16-40-44)24-13-21(34)7-10-27(24)50-26-11-9-23(12-20(26)15-38)52(46,47)43(31-39-18-41-51-31)17-19-6-8-22(48-4)14-28(19)49-5/h6-14,16,18H,17H2,1-5H3,(H,42,45).